The second-order valence-corrected chi connectivity index (χ2v) is 4.94. The summed E-state index contributed by atoms with van der Waals surface area (Å²) in [6, 6.07) is 3.69. The van der Waals surface area contributed by atoms with Crippen LogP contribution in [-0.2, 0) is 0 Å². The van der Waals surface area contributed by atoms with E-state index in [4.69, 9.17) is 4.42 Å². The SMILES string of the molecule is Cc1sccc1C(O)c1occc1Br. The average molecular weight is 273 g/mol. The van der Waals surface area contributed by atoms with Crippen molar-refractivity contribution in [2.45, 2.75) is 13.0 Å². The number of hydrogen-bond acceptors (Lipinski definition) is 3. The first-order chi connectivity index (χ1) is 6.70. The lowest BCUT2D eigenvalue weighted by Gasteiger charge is -2.07. The van der Waals surface area contributed by atoms with E-state index in [-0.39, 0.29) is 0 Å². The molecule has 2 aromatic heterocycles. The van der Waals surface area contributed by atoms with Crippen LogP contribution < -0.4 is 0 Å². The van der Waals surface area contributed by atoms with Crippen molar-refractivity contribution in [2.24, 2.45) is 0 Å². The molecule has 0 saturated carbocycles. The van der Waals surface area contributed by atoms with E-state index in [1.165, 1.54) is 0 Å². The number of aliphatic hydroxyl groups excluding tert-OH is 1. The third-order valence-corrected chi connectivity index (χ3v) is 3.60. The molecular formula is C10H9BrO2S. The quantitative estimate of drug-likeness (QED) is 0.908. The Bertz CT molecular complexity index is 393. The summed E-state index contributed by atoms with van der Waals surface area (Å²) in [5.74, 6) is 0.562. The molecule has 14 heavy (non-hydrogen) atoms. The highest BCUT2D eigenvalue weighted by Gasteiger charge is 2.19. The van der Waals surface area contributed by atoms with Gasteiger partial charge in [0.05, 0.1) is 10.7 Å². The minimum absolute atomic E-state index is 0.562. The topological polar surface area (TPSA) is 33.4 Å². The lowest BCUT2D eigenvalue weighted by molar-refractivity contribution is 0.188. The molecule has 0 aliphatic rings. The van der Waals surface area contributed by atoms with Crippen LogP contribution >= 0.6 is 27.3 Å². The summed E-state index contributed by atoms with van der Waals surface area (Å²) in [7, 11) is 0. The van der Waals surface area contributed by atoms with E-state index in [0.29, 0.717) is 5.76 Å². The smallest absolute Gasteiger partial charge is 0.150 e. The highest BCUT2D eigenvalue weighted by Crippen LogP contribution is 2.32. The van der Waals surface area contributed by atoms with Crippen molar-refractivity contribution in [1.82, 2.24) is 0 Å². The van der Waals surface area contributed by atoms with Gasteiger partial charge in [-0.2, -0.15) is 0 Å². The molecule has 0 aliphatic carbocycles. The molecule has 0 amide bonds. The molecule has 0 spiro atoms. The van der Waals surface area contributed by atoms with Gasteiger partial charge in [-0.3, -0.25) is 0 Å². The number of aryl methyl sites for hydroxylation is 1. The van der Waals surface area contributed by atoms with Gasteiger partial charge in [-0.1, -0.05) is 0 Å². The van der Waals surface area contributed by atoms with Gasteiger partial charge >= 0.3 is 0 Å². The molecule has 0 radical (unpaired) electrons. The van der Waals surface area contributed by atoms with Crippen molar-refractivity contribution < 1.29 is 9.52 Å². The maximum atomic E-state index is 10.0. The predicted octanol–water partition coefficient (Wildman–Crippen LogP) is 3.49. The van der Waals surface area contributed by atoms with Gasteiger partial charge < -0.3 is 9.52 Å². The molecule has 1 atom stereocenters. The molecule has 0 bridgehead atoms. The van der Waals surface area contributed by atoms with Crippen LogP contribution in [0.15, 0.2) is 32.7 Å². The molecule has 2 aromatic rings. The second kappa shape index (κ2) is 3.88. The van der Waals surface area contributed by atoms with Gasteiger partial charge in [0, 0.05) is 10.4 Å². The van der Waals surface area contributed by atoms with Gasteiger partial charge in [0.1, 0.15) is 6.10 Å². The average Bonchev–Trinajstić information content (AvgIpc) is 2.73. The van der Waals surface area contributed by atoms with E-state index < -0.39 is 6.10 Å². The Hall–Kier alpha value is -0.580. The van der Waals surface area contributed by atoms with Crippen LogP contribution in [0.2, 0.25) is 0 Å². The molecule has 1 N–H and O–H groups in total. The third-order valence-electron chi connectivity index (χ3n) is 2.09. The van der Waals surface area contributed by atoms with Crippen molar-refractivity contribution in [1.29, 1.82) is 0 Å². The highest BCUT2D eigenvalue weighted by molar-refractivity contribution is 9.10. The Labute approximate surface area is 94.3 Å². The zero-order valence-electron chi connectivity index (χ0n) is 7.53. The zero-order chi connectivity index (χ0) is 10.1. The summed E-state index contributed by atoms with van der Waals surface area (Å²) in [6.07, 6.45) is 0.885. The van der Waals surface area contributed by atoms with Gasteiger partial charge in [-0.15, -0.1) is 11.3 Å². The normalized spacial score (nSPS) is 13.1. The van der Waals surface area contributed by atoms with Gasteiger partial charge in [0.25, 0.3) is 0 Å². The van der Waals surface area contributed by atoms with Crippen LogP contribution in [0.5, 0.6) is 0 Å². The van der Waals surface area contributed by atoms with Crippen LogP contribution in [-0.4, -0.2) is 5.11 Å². The van der Waals surface area contributed by atoms with E-state index in [1.54, 1.807) is 23.7 Å². The van der Waals surface area contributed by atoms with Crippen molar-refractivity contribution in [3.63, 3.8) is 0 Å². The minimum atomic E-state index is -0.675. The molecule has 2 heterocycles. The van der Waals surface area contributed by atoms with Crippen LogP contribution in [0, 0.1) is 6.92 Å². The summed E-state index contributed by atoms with van der Waals surface area (Å²) < 4.78 is 6.01. The van der Waals surface area contributed by atoms with Crippen LogP contribution in [0.25, 0.3) is 0 Å². The number of rotatable bonds is 2. The Kier molecular flexibility index (Phi) is 2.76. The summed E-state index contributed by atoms with van der Waals surface area (Å²) in [4.78, 5) is 1.11. The summed E-state index contributed by atoms with van der Waals surface area (Å²) >= 11 is 4.95. The molecule has 4 heteroatoms. The summed E-state index contributed by atoms with van der Waals surface area (Å²) in [6.45, 7) is 1.99. The highest BCUT2D eigenvalue weighted by atomic mass is 79.9. The first-order valence-electron chi connectivity index (χ1n) is 4.15. The Morgan fingerprint density at radius 2 is 2.29 bits per heavy atom. The van der Waals surface area contributed by atoms with Crippen LogP contribution in [0.3, 0.4) is 0 Å². The second-order valence-electron chi connectivity index (χ2n) is 2.97. The minimum Gasteiger partial charge on any atom is -0.465 e. The number of aliphatic hydroxyl groups is 1. The van der Waals surface area contributed by atoms with Crippen molar-refractivity contribution in [2.75, 3.05) is 0 Å². The van der Waals surface area contributed by atoms with Crippen molar-refractivity contribution >= 4 is 27.3 Å². The third kappa shape index (κ3) is 1.65. The number of halogens is 1. The van der Waals surface area contributed by atoms with Gasteiger partial charge in [-0.25, -0.2) is 0 Å². The molecular weight excluding hydrogens is 264 g/mol. The van der Waals surface area contributed by atoms with E-state index in [0.717, 1.165) is 14.9 Å². The molecule has 74 valence electrons. The van der Waals surface area contributed by atoms with Gasteiger partial charge in [-0.05, 0) is 40.4 Å². The van der Waals surface area contributed by atoms with Gasteiger partial charge in [0.2, 0.25) is 0 Å². The lowest BCUT2D eigenvalue weighted by Crippen LogP contribution is -1.98. The Balaban J connectivity index is 2.38. The fraction of sp³-hybridized carbons (Fsp3) is 0.200. The molecule has 0 aliphatic heterocycles. The first kappa shape index (κ1) is 9.96. The Morgan fingerprint density at radius 3 is 2.79 bits per heavy atom. The first-order valence-corrected chi connectivity index (χ1v) is 5.82. The molecule has 0 aromatic carbocycles. The molecule has 0 fully saturated rings. The number of hydrogen-bond donors (Lipinski definition) is 1. The number of furan rings is 1. The number of thiophene rings is 1. The van der Waals surface area contributed by atoms with E-state index in [2.05, 4.69) is 15.9 Å². The summed E-state index contributed by atoms with van der Waals surface area (Å²) in [5, 5.41) is 12.0. The lowest BCUT2D eigenvalue weighted by atomic mass is 10.1. The maximum absolute atomic E-state index is 10.0. The summed E-state index contributed by atoms with van der Waals surface area (Å²) in [5.41, 5.74) is 0.908. The monoisotopic (exact) mass is 272 g/mol. The fourth-order valence-electron chi connectivity index (χ4n) is 1.32. The Morgan fingerprint density at radius 1 is 1.50 bits per heavy atom. The van der Waals surface area contributed by atoms with E-state index >= 15 is 0 Å². The van der Waals surface area contributed by atoms with E-state index in [9.17, 15) is 5.11 Å². The zero-order valence-corrected chi connectivity index (χ0v) is 9.93. The van der Waals surface area contributed by atoms with Crippen molar-refractivity contribution in [3.8, 4) is 0 Å². The predicted molar refractivity (Wildman–Crippen MR) is 59.5 cm³/mol. The molecule has 1 unspecified atom stereocenters. The van der Waals surface area contributed by atoms with E-state index in [1.807, 2.05) is 18.4 Å². The van der Waals surface area contributed by atoms with Gasteiger partial charge in [0.15, 0.2) is 5.76 Å². The largest absolute Gasteiger partial charge is 0.465 e. The fourth-order valence-corrected chi connectivity index (χ4v) is 2.47. The van der Waals surface area contributed by atoms with Crippen LogP contribution in [0.4, 0.5) is 0 Å². The van der Waals surface area contributed by atoms with Crippen molar-refractivity contribution in [3.05, 3.63) is 44.4 Å². The molecule has 2 rings (SSSR count). The molecule has 0 saturated heterocycles. The molecule has 2 nitrogen and oxygen atoms in total. The standard InChI is InChI=1S/C10H9BrO2S/c1-6-7(3-5-14-6)9(12)10-8(11)2-4-13-10/h2-5,9,12H,1H3. The maximum Gasteiger partial charge on any atom is 0.150 e. The van der Waals surface area contributed by atoms with Crippen LogP contribution in [0.1, 0.15) is 22.3 Å².